The molecule has 0 unspecified atom stereocenters. The molecule has 0 aliphatic heterocycles. The van der Waals surface area contributed by atoms with E-state index in [9.17, 15) is 0 Å². The minimum Gasteiger partial charge on any atom is -0.491 e. The topological polar surface area (TPSA) is 39.1 Å². The summed E-state index contributed by atoms with van der Waals surface area (Å²) in [6, 6.07) is 5.74. The molecule has 0 bridgehead atoms. The van der Waals surface area contributed by atoms with Crippen molar-refractivity contribution in [2.24, 2.45) is 0 Å². The SMILES string of the molecule is CCNCc1c(Cl)cccc1OCCn1ccnc1. The summed E-state index contributed by atoms with van der Waals surface area (Å²) in [6.45, 7) is 5.05. The Bertz CT molecular complexity index is 499. The third-order valence-electron chi connectivity index (χ3n) is 2.79. The van der Waals surface area contributed by atoms with Gasteiger partial charge in [-0.2, -0.15) is 0 Å². The van der Waals surface area contributed by atoms with Crippen molar-refractivity contribution >= 4 is 11.6 Å². The predicted molar refractivity (Wildman–Crippen MR) is 76.6 cm³/mol. The second-order valence-corrected chi connectivity index (χ2v) is 4.55. The number of hydrogen-bond acceptors (Lipinski definition) is 3. The molecule has 4 nitrogen and oxygen atoms in total. The molecule has 0 amide bonds. The smallest absolute Gasteiger partial charge is 0.125 e. The van der Waals surface area contributed by atoms with E-state index < -0.39 is 0 Å². The first-order valence-electron chi connectivity index (χ1n) is 6.38. The highest BCUT2D eigenvalue weighted by Gasteiger charge is 2.07. The van der Waals surface area contributed by atoms with Crippen LogP contribution >= 0.6 is 11.6 Å². The highest BCUT2D eigenvalue weighted by Crippen LogP contribution is 2.26. The van der Waals surface area contributed by atoms with Gasteiger partial charge in [0.2, 0.25) is 0 Å². The lowest BCUT2D eigenvalue weighted by molar-refractivity contribution is 0.295. The van der Waals surface area contributed by atoms with E-state index in [2.05, 4.69) is 17.2 Å². The van der Waals surface area contributed by atoms with Gasteiger partial charge in [-0.15, -0.1) is 0 Å². The summed E-state index contributed by atoms with van der Waals surface area (Å²) in [5.74, 6) is 0.841. The van der Waals surface area contributed by atoms with Crippen molar-refractivity contribution in [3.8, 4) is 5.75 Å². The fourth-order valence-electron chi connectivity index (χ4n) is 1.78. The Morgan fingerprint density at radius 2 is 2.32 bits per heavy atom. The molecule has 0 atom stereocenters. The Balaban J connectivity index is 1.96. The third-order valence-corrected chi connectivity index (χ3v) is 3.15. The molecule has 0 saturated carbocycles. The maximum Gasteiger partial charge on any atom is 0.125 e. The van der Waals surface area contributed by atoms with Crippen molar-refractivity contribution in [3.05, 3.63) is 47.5 Å². The fourth-order valence-corrected chi connectivity index (χ4v) is 2.01. The van der Waals surface area contributed by atoms with Crippen molar-refractivity contribution in [3.63, 3.8) is 0 Å². The van der Waals surface area contributed by atoms with Gasteiger partial charge in [0.05, 0.1) is 12.9 Å². The summed E-state index contributed by atoms with van der Waals surface area (Å²) in [4.78, 5) is 4.00. The maximum atomic E-state index is 6.21. The molecular formula is C14H18ClN3O. The van der Waals surface area contributed by atoms with Gasteiger partial charge in [0, 0.05) is 29.5 Å². The molecule has 102 valence electrons. The fraction of sp³-hybridized carbons (Fsp3) is 0.357. The number of benzene rings is 1. The highest BCUT2D eigenvalue weighted by atomic mass is 35.5. The molecule has 0 aliphatic carbocycles. The molecular weight excluding hydrogens is 262 g/mol. The Kier molecular flexibility index (Phi) is 5.24. The third kappa shape index (κ3) is 3.98. The first kappa shape index (κ1) is 13.9. The molecule has 0 aliphatic rings. The van der Waals surface area contributed by atoms with E-state index in [1.54, 1.807) is 12.5 Å². The first-order chi connectivity index (χ1) is 9.31. The van der Waals surface area contributed by atoms with Crippen LogP contribution in [0.2, 0.25) is 5.02 Å². The average Bonchev–Trinajstić information content (AvgIpc) is 2.91. The summed E-state index contributed by atoms with van der Waals surface area (Å²) < 4.78 is 7.80. The van der Waals surface area contributed by atoms with Gasteiger partial charge in [0.15, 0.2) is 0 Å². The highest BCUT2D eigenvalue weighted by molar-refractivity contribution is 6.31. The van der Waals surface area contributed by atoms with Crippen LogP contribution in [0.5, 0.6) is 5.75 Å². The van der Waals surface area contributed by atoms with Gasteiger partial charge in [0.25, 0.3) is 0 Å². The molecule has 19 heavy (non-hydrogen) atoms. The Hall–Kier alpha value is -1.52. The van der Waals surface area contributed by atoms with Crippen LogP contribution in [-0.4, -0.2) is 22.7 Å². The van der Waals surface area contributed by atoms with E-state index in [0.29, 0.717) is 6.61 Å². The number of rotatable bonds is 7. The molecule has 0 saturated heterocycles. The lowest BCUT2D eigenvalue weighted by Gasteiger charge is -2.13. The van der Waals surface area contributed by atoms with E-state index in [0.717, 1.165) is 36.0 Å². The van der Waals surface area contributed by atoms with Crippen LogP contribution in [0.4, 0.5) is 0 Å². The molecule has 1 N–H and O–H groups in total. The minimum absolute atomic E-state index is 0.593. The largest absolute Gasteiger partial charge is 0.491 e. The van der Waals surface area contributed by atoms with Crippen molar-refractivity contribution in [2.75, 3.05) is 13.2 Å². The van der Waals surface area contributed by atoms with Gasteiger partial charge in [-0.1, -0.05) is 24.6 Å². The average molecular weight is 280 g/mol. The Morgan fingerprint density at radius 3 is 3.05 bits per heavy atom. The molecule has 0 radical (unpaired) electrons. The number of nitrogens with one attached hydrogen (secondary N) is 1. The van der Waals surface area contributed by atoms with Gasteiger partial charge in [-0.05, 0) is 18.7 Å². The number of halogens is 1. The van der Waals surface area contributed by atoms with Gasteiger partial charge in [-0.3, -0.25) is 0 Å². The molecule has 2 rings (SSSR count). The Labute approximate surface area is 118 Å². The molecule has 5 heteroatoms. The number of hydrogen-bond donors (Lipinski definition) is 1. The van der Waals surface area contributed by atoms with Gasteiger partial charge in [0.1, 0.15) is 12.4 Å². The first-order valence-corrected chi connectivity index (χ1v) is 6.75. The van der Waals surface area contributed by atoms with Crippen LogP contribution in [-0.2, 0) is 13.1 Å². The molecule has 0 fully saturated rings. The maximum absolute atomic E-state index is 6.21. The van der Waals surface area contributed by atoms with E-state index >= 15 is 0 Å². The second-order valence-electron chi connectivity index (χ2n) is 4.15. The number of nitrogens with zero attached hydrogens (tertiary/aromatic N) is 2. The van der Waals surface area contributed by atoms with Gasteiger partial charge in [-0.25, -0.2) is 4.98 Å². The molecule has 1 heterocycles. The zero-order valence-electron chi connectivity index (χ0n) is 11.0. The van der Waals surface area contributed by atoms with Crippen LogP contribution < -0.4 is 10.1 Å². The number of imidazole rings is 1. The van der Waals surface area contributed by atoms with Crippen LogP contribution in [0, 0.1) is 0 Å². The van der Waals surface area contributed by atoms with E-state index in [1.165, 1.54) is 0 Å². The van der Waals surface area contributed by atoms with Crippen LogP contribution in [0.1, 0.15) is 12.5 Å². The zero-order chi connectivity index (χ0) is 13.5. The van der Waals surface area contributed by atoms with Crippen LogP contribution in [0.3, 0.4) is 0 Å². The van der Waals surface area contributed by atoms with E-state index in [4.69, 9.17) is 16.3 Å². The molecule has 1 aromatic heterocycles. The molecule has 1 aromatic carbocycles. The summed E-state index contributed by atoms with van der Waals surface area (Å²) in [5, 5.41) is 4.01. The summed E-state index contributed by atoms with van der Waals surface area (Å²) in [5.41, 5.74) is 1.01. The Morgan fingerprint density at radius 1 is 1.42 bits per heavy atom. The van der Waals surface area contributed by atoms with Crippen molar-refractivity contribution < 1.29 is 4.74 Å². The predicted octanol–water partition coefficient (Wildman–Crippen LogP) is 2.73. The number of aromatic nitrogens is 2. The number of ether oxygens (including phenoxy) is 1. The summed E-state index contributed by atoms with van der Waals surface area (Å²) in [7, 11) is 0. The second kappa shape index (κ2) is 7.16. The van der Waals surface area contributed by atoms with Gasteiger partial charge < -0.3 is 14.6 Å². The van der Waals surface area contributed by atoms with Crippen molar-refractivity contribution in [2.45, 2.75) is 20.0 Å². The monoisotopic (exact) mass is 279 g/mol. The summed E-state index contributed by atoms with van der Waals surface area (Å²) >= 11 is 6.21. The van der Waals surface area contributed by atoms with Crippen LogP contribution in [0.25, 0.3) is 0 Å². The molecule has 0 spiro atoms. The van der Waals surface area contributed by atoms with Crippen molar-refractivity contribution in [1.82, 2.24) is 14.9 Å². The van der Waals surface area contributed by atoms with Crippen molar-refractivity contribution in [1.29, 1.82) is 0 Å². The minimum atomic E-state index is 0.593. The quantitative estimate of drug-likeness (QED) is 0.847. The lowest BCUT2D eigenvalue weighted by atomic mass is 10.2. The van der Waals surface area contributed by atoms with E-state index in [1.807, 2.05) is 29.0 Å². The standard InChI is InChI=1S/C14H18ClN3O/c1-2-16-10-12-13(15)4-3-5-14(12)19-9-8-18-7-6-17-11-18/h3-7,11,16H,2,8-10H2,1H3. The lowest BCUT2D eigenvalue weighted by Crippen LogP contribution is -2.14. The zero-order valence-corrected chi connectivity index (χ0v) is 11.7. The molecule has 2 aromatic rings. The van der Waals surface area contributed by atoms with E-state index in [-0.39, 0.29) is 0 Å². The summed E-state index contributed by atoms with van der Waals surface area (Å²) in [6.07, 6.45) is 5.46. The normalized spacial score (nSPS) is 10.6. The van der Waals surface area contributed by atoms with Crippen LogP contribution in [0.15, 0.2) is 36.9 Å². The van der Waals surface area contributed by atoms with Gasteiger partial charge >= 0.3 is 0 Å².